The summed E-state index contributed by atoms with van der Waals surface area (Å²) in [7, 11) is 0. The van der Waals surface area contributed by atoms with E-state index in [1.807, 2.05) is 0 Å². The Labute approximate surface area is 59.5 Å². The summed E-state index contributed by atoms with van der Waals surface area (Å²) in [6, 6.07) is 0.675. The van der Waals surface area contributed by atoms with Crippen molar-refractivity contribution in [2.75, 3.05) is 0 Å². The molecule has 2 rings (SSSR count). The lowest BCUT2D eigenvalue weighted by atomic mass is 9.98. The standard InChI is InChI=1S/C7H10N2O/c10-7-8-5-3-1-2-4-6(5)9-7/h1-2,5-6H,3-4H2,(H2,8,9,10). The van der Waals surface area contributed by atoms with Gasteiger partial charge in [-0.15, -0.1) is 0 Å². The molecule has 2 N–H and O–H groups in total. The van der Waals surface area contributed by atoms with Crippen molar-refractivity contribution < 1.29 is 4.79 Å². The van der Waals surface area contributed by atoms with Gasteiger partial charge in [0.1, 0.15) is 0 Å². The summed E-state index contributed by atoms with van der Waals surface area (Å²) in [5.41, 5.74) is 0. The van der Waals surface area contributed by atoms with E-state index in [1.54, 1.807) is 0 Å². The summed E-state index contributed by atoms with van der Waals surface area (Å²) >= 11 is 0. The highest BCUT2D eigenvalue weighted by atomic mass is 16.2. The Kier molecular flexibility index (Phi) is 1.16. The minimum Gasteiger partial charge on any atom is -0.333 e. The van der Waals surface area contributed by atoms with Gasteiger partial charge in [-0.3, -0.25) is 0 Å². The normalized spacial score (nSPS) is 36.6. The highest BCUT2D eigenvalue weighted by molar-refractivity contribution is 5.77. The third kappa shape index (κ3) is 0.781. The highest BCUT2D eigenvalue weighted by Gasteiger charge is 2.30. The monoisotopic (exact) mass is 138 g/mol. The molecule has 0 spiro atoms. The van der Waals surface area contributed by atoms with Gasteiger partial charge in [0.25, 0.3) is 0 Å². The van der Waals surface area contributed by atoms with E-state index in [-0.39, 0.29) is 6.03 Å². The lowest BCUT2D eigenvalue weighted by molar-refractivity contribution is 0.247. The SMILES string of the molecule is O=C1NC2CC=CCC2N1. The summed E-state index contributed by atoms with van der Waals surface area (Å²) in [5.74, 6) is 0. The number of hydrogen-bond acceptors (Lipinski definition) is 1. The van der Waals surface area contributed by atoms with Gasteiger partial charge in [-0.05, 0) is 12.8 Å². The average molecular weight is 138 g/mol. The molecule has 0 bridgehead atoms. The molecule has 2 unspecified atom stereocenters. The van der Waals surface area contributed by atoms with Gasteiger partial charge in [-0.25, -0.2) is 4.79 Å². The second kappa shape index (κ2) is 2.01. The Bertz CT molecular complexity index is 170. The molecule has 1 aliphatic heterocycles. The molecule has 0 aromatic rings. The Morgan fingerprint density at radius 3 is 2.20 bits per heavy atom. The third-order valence-corrected chi connectivity index (χ3v) is 2.07. The Balaban J connectivity index is 2.11. The molecule has 1 aliphatic carbocycles. The van der Waals surface area contributed by atoms with Gasteiger partial charge in [-0.1, -0.05) is 12.2 Å². The van der Waals surface area contributed by atoms with Crippen LogP contribution < -0.4 is 10.6 Å². The summed E-state index contributed by atoms with van der Waals surface area (Å²) in [6.07, 6.45) is 6.19. The molecule has 1 saturated heterocycles. The minimum absolute atomic E-state index is 0.0151. The fourth-order valence-corrected chi connectivity index (χ4v) is 1.51. The van der Waals surface area contributed by atoms with Crippen molar-refractivity contribution in [2.45, 2.75) is 24.9 Å². The van der Waals surface area contributed by atoms with E-state index < -0.39 is 0 Å². The van der Waals surface area contributed by atoms with Crippen LogP contribution in [-0.2, 0) is 0 Å². The molecule has 0 aromatic carbocycles. The first kappa shape index (κ1) is 5.77. The van der Waals surface area contributed by atoms with Gasteiger partial charge in [0, 0.05) is 0 Å². The summed E-state index contributed by atoms with van der Waals surface area (Å²) in [5, 5.41) is 5.71. The number of rotatable bonds is 0. The molecule has 10 heavy (non-hydrogen) atoms. The van der Waals surface area contributed by atoms with Crippen molar-refractivity contribution in [2.24, 2.45) is 0 Å². The van der Waals surface area contributed by atoms with Crippen LogP contribution in [0.4, 0.5) is 4.79 Å². The molecule has 2 atom stereocenters. The molecule has 1 fully saturated rings. The lowest BCUT2D eigenvalue weighted by Crippen LogP contribution is -2.34. The molecule has 1 heterocycles. The Morgan fingerprint density at radius 2 is 1.70 bits per heavy atom. The average Bonchev–Trinajstić information content (AvgIpc) is 2.27. The maximum atomic E-state index is 10.8. The van der Waals surface area contributed by atoms with E-state index in [9.17, 15) is 4.79 Å². The minimum atomic E-state index is -0.0151. The van der Waals surface area contributed by atoms with Crippen LogP contribution in [0, 0.1) is 0 Å². The first-order valence-electron chi connectivity index (χ1n) is 3.58. The smallest absolute Gasteiger partial charge is 0.315 e. The van der Waals surface area contributed by atoms with Crippen molar-refractivity contribution in [3.05, 3.63) is 12.2 Å². The van der Waals surface area contributed by atoms with Crippen molar-refractivity contribution in [1.82, 2.24) is 10.6 Å². The van der Waals surface area contributed by atoms with Crippen LogP contribution in [0.5, 0.6) is 0 Å². The van der Waals surface area contributed by atoms with Crippen LogP contribution in [0.3, 0.4) is 0 Å². The predicted octanol–water partition coefficient (Wildman–Crippen LogP) is 0.386. The Morgan fingerprint density at radius 1 is 1.20 bits per heavy atom. The van der Waals surface area contributed by atoms with E-state index in [0.717, 1.165) is 12.8 Å². The molecular weight excluding hydrogens is 128 g/mol. The molecular formula is C7H10N2O. The van der Waals surface area contributed by atoms with E-state index >= 15 is 0 Å². The van der Waals surface area contributed by atoms with Crippen LogP contribution in [-0.4, -0.2) is 18.1 Å². The maximum Gasteiger partial charge on any atom is 0.315 e. The van der Waals surface area contributed by atoms with Gasteiger partial charge >= 0.3 is 6.03 Å². The number of carbonyl (C=O) groups is 1. The molecule has 54 valence electrons. The first-order valence-corrected chi connectivity index (χ1v) is 3.58. The topological polar surface area (TPSA) is 41.1 Å². The fourth-order valence-electron chi connectivity index (χ4n) is 1.51. The van der Waals surface area contributed by atoms with E-state index in [0.29, 0.717) is 12.1 Å². The molecule has 0 saturated carbocycles. The van der Waals surface area contributed by atoms with Crippen LogP contribution in [0.15, 0.2) is 12.2 Å². The number of nitrogens with one attached hydrogen (secondary N) is 2. The van der Waals surface area contributed by atoms with Crippen LogP contribution in [0.1, 0.15) is 12.8 Å². The number of fused-ring (bicyclic) bond motifs is 1. The van der Waals surface area contributed by atoms with E-state index in [4.69, 9.17) is 0 Å². The molecule has 0 aromatic heterocycles. The fraction of sp³-hybridized carbons (Fsp3) is 0.571. The van der Waals surface area contributed by atoms with Crippen molar-refractivity contribution in [1.29, 1.82) is 0 Å². The number of carbonyl (C=O) groups excluding carboxylic acids is 1. The zero-order chi connectivity index (χ0) is 6.97. The lowest BCUT2D eigenvalue weighted by Gasteiger charge is -2.18. The highest BCUT2D eigenvalue weighted by Crippen LogP contribution is 2.15. The van der Waals surface area contributed by atoms with E-state index in [1.165, 1.54) is 0 Å². The van der Waals surface area contributed by atoms with Crippen LogP contribution in [0.2, 0.25) is 0 Å². The zero-order valence-electron chi connectivity index (χ0n) is 5.63. The molecule has 0 radical (unpaired) electrons. The summed E-state index contributed by atoms with van der Waals surface area (Å²) in [6.45, 7) is 0. The summed E-state index contributed by atoms with van der Waals surface area (Å²) < 4.78 is 0. The van der Waals surface area contributed by atoms with Gasteiger partial charge in [0.2, 0.25) is 0 Å². The predicted molar refractivity (Wildman–Crippen MR) is 37.6 cm³/mol. The van der Waals surface area contributed by atoms with Crippen LogP contribution in [0.25, 0.3) is 0 Å². The first-order chi connectivity index (χ1) is 4.86. The molecule has 2 amide bonds. The number of hydrogen-bond donors (Lipinski definition) is 2. The van der Waals surface area contributed by atoms with Crippen molar-refractivity contribution in [3.8, 4) is 0 Å². The molecule has 3 nitrogen and oxygen atoms in total. The third-order valence-electron chi connectivity index (χ3n) is 2.07. The summed E-state index contributed by atoms with van der Waals surface area (Å²) in [4.78, 5) is 10.8. The van der Waals surface area contributed by atoms with Gasteiger partial charge < -0.3 is 10.6 Å². The molecule has 3 heteroatoms. The van der Waals surface area contributed by atoms with E-state index in [2.05, 4.69) is 22.8 Å². The largest absolute Gasteiger partial charge is 0.333 e. The van der Waals surface area contributed by atoms with Gasteiger partial charge in [-0.2, -0.15) is 0 Å². The molecule has 2 aliphatic rings. The van der Waals surface area contributed by atoms with Gasteiger partial charge in [0.15, 0.2) is 0 Å². The zero-order valence-corrected chi connectivity index (χ0v) is 5.63. The van der Waals surface area contributed by atoms with Crippen molar-refractivity contribution in [3.63, 3.8) is 0 Å². The van der Waals surface area contributed by atoms with Crippen molar-refractivity contribution >= 4 is 6.03 Å². The number of amides is 2. The van der Waals surface area contributed by atoms with Crippen LogP contribution >= 0.6 is 0 Å². The maximum absolute atomic E-state index is 10.8. The number of urea groups is 1. The second-order valence-corrected chi connectivity index (χ2v) is 2.77. The van der Waals surface area contributed by atoms with Gasteiger partial charge in [0.05, 0.1) is 12.1 Å². The second-order valence-electron chi connectivity index (χ2n) is 2.77. The Hall–Kier alpha value is -0.990. The quantitative estimate of drug-likeness (QED) is 0.467.